The van der Waals surface area contributed by atoms with Crippen LogP contribution in [0.5, 0.6) is 0 Å². The molecule has 0 bridgehead atoms. The minimum absolute atomic E-state index is 0.241. The molecule has 0 radical (unpaired) electrons. The Kier molecular flexibility index (Phi) is 4.28. The molecule has 0 heterocycles. The average Bonchev–Trinajstić information content (AvgIpc) is 2.41. The Morgan fingerprint density at radius 2 is 1.95 bits per heavy atom. The van der Waals surface area contributed by atoms with Gasteiger partial charge in [0.2, 0.25) is 0 Å². The number of amides is 1. The highest BCUT2D eigenvalue weighted by Gasteiger charge is 2.16. The van der Waals surface area contributed by atoms with Crippen molar-refractivity contribution >= 4 is 39.9 Å². The van der Waals surface area contributed by atoms with Gasteiger partial charge in [-0.25, -0.2) is 4.39 Å². The van der Waals surface area contributed by atoms with E-state index in [0.29, 0.717) is 5.69 Å². The molecule has 20 heavy (non-hydrogen) atoms. The first-order valence-corrected chi connectivity index (χ1v) is 6.56. The zero-order valence-electron chi connectivity index (χ0n) is 9.97. The number of nitrogens with zero attached hydrogens (tertiary/aromatic N) is 1. The number of halogens is 2. The van der Waals surface area contributed by atoms with Crippen LogP contribution in [0.3, 0.4) is 0 Å². The Bertz CT molecular complexity index is 691. The number of anilines is 1. The fourth-order valence-corrected chi connectivity index (χ4v) is 2.08. The van der Waals surface area contributed by atoms with Gasteiger partial charge in [0, 0.05) is 9.64 Å². The fourth-order valence-electron chi connectivity index (χ4n) is 1.55. The summed E-state index contributed by atoms with van der Waals surface area (Å²) in [6.45, 7) is 0. The maximum Gasteiger partial charge on any atom is 0.272 e. The van der Waals surface area contributed by atoms with Crippen LogP contribution in [0.1, 0.15) is 10.4 Å². The van der Waals surface area contributed by atoms with E-state index in [2.05, 4.69) is 5.32 Å². The third kappa shape index (κ3) is 3.10. The van der Waals surface area contributed by atoms with Gasteiger partial charge >= 0.3 is 0 Å². The van der Waals surface area contributed by atoms with E-state index in [0.717, 1.165) is 21.8 Å². The highest BCUT2D eigenvalue weighted by molar-refractivity contribution is 14.1. The summed E-state index contributed by atoms with van der Waals surface area (Å²) in [6, 6.07) is 9.94. The molecule has 2 aromatic carbocycles. The molecule has 102 valence electrons. The van der Waals surface area contributed by atoms with E-state index in [1.54, 1.807) is 18.2 Å². The number of carbonyl (C=O) groups is 1. The number of nitrogens with one attached hydrogen (secondary N) is 1. The maximum absolute atomic E-state index is 13.7. The molecule has 7 heteroatoms. The highest BCUT2D eigenvalue weighted by atomic mass is 127. The van der Waals surface area contributed by atoms with Gasteiger partial charge in [0.15, 0.2) is 0 Å². The summed E-state index contributed by atoms with van der Waals surface area (Å²) in [4.78, 5) is 21.7. The molecule has 2 aromatic rings. The summed E-state index contributed by atoms with van der Waals surface area (Å²) < 4.78 is 14.5. The zero-order chi connectivity index (χ0) is 14.7. The smallest absolute Gasteiger partial charge is 0.272 e. The Morgan fingerprint density at radius 1 is 1.25 bits per heavy atom. The number of nitro benzene ring substituents is 1. The highest BCUT2D eigenvalue weighted by Crippen LogP contribution is 2.20. The van der Waals surface area contributed by atoms with Crippen LogP contribution >= 0.6 is 22.6 Å². The summed E-state index contributed by atoms with van der Waals surface area (Å²) in [6.07, 6.45) is 0. The van der Waals surface area contributed by atoms with Crippen LogP contribution in [-0.4, -0.2) is 10.8 Å². The number of rotatable bonds is 3. The Labute approximate surface area is 127 Å². The lowest BCUT2D eigenvalue weighted by Crippen LogP contribution is -2.14. The molecule has 2 rings (SSSR count). The summed E-state index contributed by atoms with van der Waals surface area (Å²) >= 11 is 2.04. The molecule has 0 atom stereocenters. The van der Waals surface area contributed by atoms with Gasteiger partial charge in [-0.05, 0) is 40.8 Å². The van der Waals surface area contributed by atoms with Crippen molar-refractivity contribution in [2.24, 2.45) is 0 Å². The number of hydrogen-bond donors (Lipinski definition) is 1. The van der Waals surface area contributed by atoms with Crippen molar-refractivity contribution in [2.45, 2.75) is 0 Å². The number of para-hydroxylation sites is 1. The predicted molar refractivity (Wildman–Crippen MR) is 80.2 cm³/mol. The lowest BCUT2D eigenvalue weighted by Gasteiger charge is -2.07. The van der Waals surface area contributed by atoms with Crippen molar-refractivity contribution in [3.63, 3.8) is 0 Å². The molecule has 1 N–H and O–H groups in total. The Morgan fingerprint density at radius 3 is 2.55 bits per heavy atom. The summed E-state index contributed by atoms with van der Waals surface area (Å²) in [5.74, 6) is -1.58. The maximum atomic E-state index is 13.7. The second-order valence-corrected chi connectivity index (χ2v) is 5.02. The number of non-ortho nitro benzene ring substituents is 1. The molecule has 0 aromatic heterocycles. The van der Waals surface area contributed by atoms with Crippen molar-refractivity contribution < 1.29 is 14.1 Å². The van der Waals surface area contributed by atoms with Gasteiger partial charge in [-0.2, -0.15) is 0 Å². The number of hydrogen-bond acceptors (Lipinski definition) is 3. The third-order valence-electron chi connectivity index (χ3n) is 2.53. The molecular weight excluding hydrogens is 378 g/mol. The molecule has 1 amide bonds. The van der Waals surface area contributed by atoms with Gasteiger partial charge in [0.1, 0.15) is 5.82 Å². The fraction of sp³-hybridized carbons (Fsp3) is 0. The van der Waals surface area contributed by atoms with E-state index in [1.165, 1.54) is 0 Å². The van der Waals surface area contributed by atoms with E-state index in [9.17, 15) is 19.3 Å². The first kappa shape index (κ1) is 14.4. The van der Waals surface area contributed by atoms with Crippen LogP contribution in [0.15, 0.2) is 42.5 Å². The molecule has 0 aliphatic carbocycles. The minimum Gasteiger partial charge on any atom is -0.321 e. The zero-order valence-corrected chi connectivity index (χ0v) is 12.1. The normalized spacial score (nSPS) is 10.1. The van der Waals surface area contributed by atoms with E-state index in [-0.39, 0.29) is 5.56 Å². The van der Waals surface area contributed by atoms with E-state index >= 15 is 0 Å². The largest absolute Gasteiger partial charge is 0.321 e. The SMILES string of the molecule is O=C(Nc1ccccc1I)c1ccc([N+](=O)[O-])cc1F. The topological polar surface area (TPSA) is 72.2 Å². The molecule has 0 aliphatic heterocycles. The quantitative estimate of drug-likeness (QED) is 0.498. The van der Waals surface area contributed by atoms with Gasteiger partial charge in [-0.1, -0.05) is 12.1 Å². The molecule has 0 saturated heterocycles. The Balaban J connectivity index is 2.26. The van der Waals surface area contributed by atoms with E-state index in [1.807, 2.05) is 28.7 Å². The van der Waals surface area contributed by atoms with Crippen LogP contribution in [-0.2, 0) is 0 Å². The summed E-state index contributed by atoms with van der Waals surface area (Å²) in [5.41, 5.74) is -0.0838. The third-order valence-corrected chi connectivity index (χ3v) is 3.47. The van der Waals surface area contributed by atoms with Crippen molar-refractivity contribution in [1.29, 1.82) is 0 Å². The van der Waals surface area contributed by atoms with E-state index < -0.39 is 22.3 Å². The molecule has 5 nitrogen and oxygen atoms in total. The number of carbonyl (C=O) groups excluding carboxylic acids is 1. The molecule has 0 fully saturated rings. The van der Waals surface area contributed by atoms with Gasteiger partial charge in [-0.3, -0.25) is 14.9 Å². The summed E-state index contributed by atoms with van der Waals surface area (Å²) in [5, 5.41) is 13.1. The molecular formula is C13H8FIN2O3. The van der Waals surface area contributed by atoms with Crippen LogP contribution in [0.2, 0.25) is 0 Å². The first-order valence-electron chi connectivity index (χ1n) is 5.49. The predicted octanol–water partition coefficient (Wildman–Crippen LogP) is 3.59. The molecule has 0 spiro atoms. The number of nitro groups is 1. The summed E-state index contributed by atoms with van der Waals surface area (Å²) in [7, 11) is 0. The van der Waals surface area contributed by atoms with E-state index in [4.69, 9.17) is 0 Å². The van der Waals surface area contributed by atoms with Gasteiger partial charge in [-0.15, -0.1) is 0 Å². The lowest BCUT2D eigenvalue weighted by molar-refractivity contribution is -0.385. The average molecular weight is 386 g/mol. The second kappa shape index (κ2) is 5.95. The first-order chi connectivity index (χ1) is 9.49. The van der Waals surface area contributed by atoms with Crippen molar-refractivity contribution in [2.75, 3.05) is 5.32 Å². The molecule has 0 saturated carbocycles. The van der Waals surface area contributed by atoms with Crippen molar-refractivity contribution in [1.82, 2.24) is 0 Å². The van der Waals surface area contributed by atoms with Crippen molar-refractivity contribution in [3.8, 4) is 0 Å². The van der Waals surface area contributed by atoms with Crippen LogP contribution in [0.25, 0.3) is 0 Å². The van der Waals surface area contributed by atoms with Crippen LogP contribution in [0.4, 0.5) is 15.8 Å². The van der Waals surface area contributed by atoms with Crippen LogP contribution < -0.4 is 5.32 Å². The lowest BCUT2D eigenvalue weighted by atomic mass is 10.1. The molecule has 0 aliphatic rings. The minimum atomic E-state index is -0.928. The van der Waals surface area contributed by atoms with Gasteiger partial charge < -0.3 is 5.32 Å². The van der Waals surface area contributed by atoms with Gasteiger partial charge in [0.25, 0.3) is 11.6 Å². The monoisotopic (exact) mass is 386 g/mol. The van der Waals surface area contributed by atoms with Crippen LogP contribution in [0, 0.1) is 19.5 Å². The molecule has 0 unspecified atom stereocenters. The van der Waals surface area contributed by atoms with Gasteiger partial charge in [0.05, 0.1) is 22.2 Å². The Hall–Kier alpha value is -2.03. The second-order valence-electron chi connectivity index (χ2n) is 3.86. The van der Waals surface area contributed by atoms with Crippen molar-refractivity contribution in [3.05, 3.63) is 67.5 Å². The standard InChI is InChI=1S/C13H8FIN2O3/c14-10-7-8(17(19)20)5-6-9(10)13(18)16-12-4-2-1-3-11(12)15/h1-7H,(H,16,18). The number of benzene rings is 2.